The van der Waals surface area contributed by atoms with Gasteiger partial charge in [-0.05, 0) is 77.7 Å². The second kappa shape index (κ2) is 9.58. The van der Waals surface area contributed by atoms with E-state index in [2.05, 4.69) is 0 Å². The molecule has 2 aromatic carbocycles. The van der Waals surface area contributed by atoms with Crippen LogP contribution in [0.3, 0.4) is 0 Å². The van der Waals surface area contributed by atoms with Crippen LogP contribution < -0.4 is 0 Å². The van der Waals surface area contributed by atoms with Crippen molar-refractivity contribution < 1.29 is 31.4 Å². The predicted molar refractivity (Wildman–Crippen MR) is 129 cm³/mol. The van der Waals surface area contributed by atoms with E-state index < -0.39 is 34.9 Å². The molecular formula is C28H35F6NO. The zero-order valence-electron chi connectivity index (χ0n) is 21.7. The molecule has 1 atom stereocenters. The summed E-state index contributed by atoms with van der Waals surface area (Å²) in [6, 6.07) is 4.43. The van der Waals surface area contributed by atoms with Crippen LogP contribution in [0.4, 0.5) is 26.3 Å². The lowest BCUT2D eigenvalue weighted by atomic mass is 9.77. The molecular weight excluding hydrogens is 480 g/mol. The van der Waals surface area contributed by atoms with Crippen molar-refractivity contribution in [3.8, 4) is 5.75 Å². The first kappa shape index (κ1) is 28.4. The number of phenolic OH excluding ortho intramolecular Hbond substituents is 1. The van der Waals surface area contributed by atoms with Gasteiger partial charge in [-0.3, -0.25) is 4.90 Å². The van der Waals surface area contributed by atoms with Gasteiger partial charge in [0, 0.05) is 5.56 Å². The molecule has 0 spiro atoms. The number of hydrogen-bond donors (Lipinski definition) is 1. The summed E-state index contributed by atoms with van der Waals surface area (Å²) in [5.74, 6) is -0.0861. The number of hydrogen-bond acceptors (Lipinski definition) is 2. The number of aromatic hydroxyl groups is 1. The second-order valence-corrected chi connectivity index (χ2v) is 11.8. The maximum Gasteiger partial charge on any atom is 0.416 e. The minimum atomic E-state index is -4.95. The molecule has 2 aromatic rings. The van der Waals surface area contributed by atoms with Crippen molar-refractivity contribution in [1.82, 2.24) is 4.90 Å². The van der Waals surface area contributed by atoms with Gasteiger partial charge in [-0.2, -0.15) is 26.3 Å². The molecule has 0 saturated carbocycles. The van der Waals surface area contributed by atoms with Gasteiger partial charge in [-0.15, -0.1) is 0 Å². The number of rotatable bonds is 3. The summed E-state index contributed by atoms with van der Waals surface area (Å²) >= 11 is 0. The summed E-state index contributed by atoms with van der Waals surface area (Å²) in [6.45, 7) is 12.7. The molecule has 0 aromatic heterocycles. The molecule has 3 rings (SSSR count). The summed E-state index contributed by atoms with van der Waals surface area (Å²) in [7, 11) is 0. The summed E-state index contributed by atoms with van der Waals surface area (Å²) in [5.41, 5.74) is -1.90. The van der Waals surface area contributed by atoms with E-state index >= 15 is 0 Å². The maximum atomic E-state index is 13.7. The number of piperidine rings is 1. The lowest BCUT2D eigenvalue weighted by Crippen LogP contribution is -2.35. The zero-order chi connectivity index (χ0) is 27.3. The van der Waals surface area contributed by atoms with Crippen molar-refractivity contribution in [2.75, 3.05) is 13.1 Å². The predicted octanol–water partition coefficient (Wildman–Crippen LogP) is 8.60. The summed E-state index contributed by atoms with van der Waals surface area (Å²) < 4.78 is 82.4. The van der Waals surface area contributed by atoms with Crippen molar-refractivity contribution >= 4 is 0 Å². The fourth-order valence-electron chi connectivity index (χ4n) is 4.77. The van der Waals surface area contributed by atoms with E-state index in [0.717, 1.165) is 37.0 Å². The van der Waals surface area contributed by atoms with Crippen LogP contribution in [-0.4, -0.2) is 23.1 Å². The quantitative estimate of drug-likeness (QED) is 0.414. The highest BCUT2D eigenvalue weighted by Gasteiger charge is 2.39. The first-order chi connectivity index (χ1) is 16.3. The second-order valence-electron chi connectivity index (χ2n) is 11.8. The van der Waals surface area contributed by atoms with Crippen LogP contribution in [0.25, 0.3) is 0 Å². The third-order valence-electron chi connectivity index (χ3n) is 6.79. The van der Waals surface area contributed by atoms with Gasteiger partial charge in [0.25, 0.3) is 0 Å². The van der Waals surface area contributed by atoms with E-state index in [1.54, 1.807) is 6.07 Å². The SMILES string of the molecule is CC(C)(C)c1cc(C(c2cc(C(F)(F)F)cc(C(F)(F)F)c2)N2CCCCC2)c(O)c(C(C)(C)C)c1. The molecule has 0 amide bonds. The molecule has 1 fully saturated rings. The van der Waals surface area contributed by atoms with E-state index in [0.29, 0.717) is 24.2 Å². The van der Waals surface area contributed by atoms with Crippen LogP contribution in [0.15, 0.2) is 30.3 Å². The van der Waals surface area contributed by atoms with Crippen molar-refractivity contribution in [3.63, 3.8) is 0 Å². The van der Waals surface area contributed by atoms with Gasteiger partial charge in [0.15, 0.2) is 0 Å². The Kier molecular flexibility index (Phi) is 7.55. The van der Waals surface area contributed by atoms with Crippen LogP contribution in [0, 0.1) is 0 Å². The monoisotopic (exact) mass is 515 g/mol. The molecule has 0 radical (unpaired) electrons. The number of benzene rings is 2. The fraction of sp³-hybridized carbons (Fsp3) is 0.571. The maximum absolute atomic E-state index is 13.7. The molecule has 36 heavy (non-hydrogen) atoms. The highest BCUT2D eigenvalue weighted by atomic mass is 19.4. The lowest BCUT2D eigenvalue weighted by molar-refractivity contribution is -0.143. The average molecular weight is 516 g/mol. The lowest BCUT2D eigenvalue weighted by Gasteiger charge is -2.38. The molecule has 0 aliphatic carbocycles. The van der Waals surface area contributed by atoms with E-state index in [4.69, 9.17) is 0 Å². The highest BCUT2D eigenvalue weighted by Crippen LogP contribution is 2.46. The molecule has 8 heteroatoms. The Morgan fingerprint density at radius 3 is 1.58 bits per heavy atom. The Labute approximate surface area is 209 Å². The van der Waals surface area contributed by atoms with Crippen LogP contribution in [0.5, 0.6) is 5.75 Å². The smallest absolute Gasteiger partial charge is 0.416 e. The summed E-state index contributed by atoms with van der Waals surface area (Å²) in [5, 5.41) is 11.5. The van der Waals surface area contributed by atoms with Gasteiger partial charge in [-0.25, -0.2) is 0 Å². The molecule has 1 heterocycles. The van der Waals surface area contributed by atoms with Crippen molar-refractivity contribution in [2.24, 2.45) is 0 Å². The first-order valence-electron chi connectivity index (χ1n) is 12.2. The molecule has 1 unspecified atom stereocenters. The van der Waals surface area contributed by atoms with Crippen LogP contribution in [-0.2, 0) is 23.2 Å². The Morgan fingerprint density at radius 1 is 0.667 bits per heavy atom. The van der Waals surface area contributed by atoms with Crippen LogP contribution in [0.2, 0.25) is 0 Å². The van der Waals surface area contributed by atoms with Crippen molar-refractivity contribution in [2.45, 2.75) is 90.0 Å². The summed E-state index contributed by atoms with van der Waals surface area (Å²) in [6.07, 6.45) is -7.43. The minimum Gasteiger partial charge on any atom is -0.507 e. The van der Waals surface area contributed by atoms with Gasteiger partial charge < -0.3 is 5.11 Å². The molecule has 1 aliphatic rings. The Hall–Kier alpha value is -2.22. The molecule has 1 saturated heterocycles. The van der Waals surface area contributed by atoms with Gasteiger partial charge in [0.1, 0.15) is 5.75 Å². The minimum absolute atomic E-state index is 0.0861. The van der Waals surface area contributed by atoms with Crippen LogP contribution >= 0.6 is 0 Å². The van der Waals surface area contributed by atoms with Crippen molar-refractivity contribution in [1.29, 1.82) is 0 Å². The van der Waals surface area contributed by atoms with E-state index in [1.165, 1.54) is 0 Å². The number of nitrogens with zero attached hydrogens (tertiary/aromatic N) is 1. The van der Waals surface area contributed by atoms with Gasteiger partial charge >= 0.3 is 12.4 Å². The van der Waals surface area contributed by atoms with Crippen LogP contribution in [0.1, 0.15) is 100 Å². The molecule has 1 N–H and O–H groups in total. The average Bonchev–Trinajstić information content (AvgIpc) is 2.73. The summed E-state index contributed by atoms with van der Waals surface area (Å²) in [4.78, 5) is 1.90. The number of halogens is 6. The molecule has 0 bridgehead atoms. The van der Waals surface area contributed by atoms with E-state index in [-0.39, 0.29) is 22.8 Å². The zero-order valence-corrected chi connectivity index (χ0v) is 21.7. The van der Waals surface area contributed by atoms with Gasteiger partial charge in [-0.1, -0.05) is 54.0 Å². The van der Waals surface area contributed by atoms with Crippen molar-refractivity contribution in [3.05, 3.63) is 63.7 Å². The van der Waals surface area contributed by atoms with Gasteiger partial charge in [0.05, 0.1) is 17.2 Å². The highest BCUT2D eigenvalue weighted by molar-refractivity contribution is 5.53. The topological polar surface area (TPSA) is 23.5 Å². The molecule has 2 nitrogen and oxygen atoms in total. The standard InChI is InChI=1S/C28H35F6NO/c1-25(2,3)18-15-21(24(36)22(16-18)26(4,5)6)23(35-10-8-7-9-11-35)17-12-19(27(29,30)31)14-20(13-17)28(32,33)34/h12-16,23,36H,7-11H2,1-6H3. The Bertz CT molecular complexity index is 1050. The van der Waals surface area contributed by atoms with Gasteiger partial charge in [0.2, 0.25) is 0 Å². The first-order valence-corrected chi connectivity index (χ1v) is 12.2. The number of alkyl halides is 6. The molecule has 200 valence electrons. The van der Waals surface area contributed by atoms with E-state index in [9.17, 15) is 31.4 Å². The Balaban J connectivity index is 2.39. The molecule has 1 aliphatic heterocycles. The normalized spacial score (nSPS) is 17.3. The fourth-order valence-corrected chi connectivity index (χ4v) is 4.77. The van der Waals surface area contributed by atoms with E-state index in [1.807, 2.05) is 52.5 Å². The Morgan fingerprint density at radius 2 is 1.17 bits per heavy atom. The number of likely N-dealkylation sites (tertiary alicyclic amines) is 1. The third-order valence-corrected chi connectivity index (χ3v) is 6.79. The third kappa shape index (κ3) is 6.18. The largest absolute Gasteiger partial charge is 0.507 e. The number of phenols is 1.